The molecule has 116 valence electrons. The number of nitrogens with zero attached hydrogens (tertiary/aromatic N) is 3. The first-order chi connectivity index (χ1) is 10.3. The topological polar surface area (TPSA) is 115 Å². The maximum atomic E-state index is 12.3. The number of rotatable bonds is 5. The maximum absolute atomic E-state index is 12.3. The minimum Gasteiger partial charge on any atom is -0.258 e. The van der Waals surface area contributed by atoms with E-state index in [1.807, 2.05) is 0 Å². The van der Waals surface area contributed by atoms with Gasteiger partial charge in [0.1, 0.15) is 11.3 Å². The molecule has 0 aliphatic carbocycles. The van der Waals surface area contributed by atoms with Crippen LogP contribution in [-0.4, -0.2) is 23.3 Å². The van der Waals surface area contributed by atoms with Crippen molar-refractivity contribution in [3.8, 4) is 0 Å². The fraction of sp³-hybridized carbons (Fsp3) is 0.167. The monoisotopic (exact) mass is 342 g/mol. The molecule has 1 aromatic heterocycles. The Kier molecular flexibility index (Phi) is 4.69. The summed E-state index contributed by atoms with van der Waals surface area (Å²) in [5.74, 6) is 0. The van der Waals surface area contributed by atoms with Crippen LogP contribution in [0, 0.1) is 17.0 Å². The summed E-state index contributed by atoms with van der Waals surface area (Å²) in [5, 5.41) is 10.8. The van der Waals surface area contributed by atoms with Crippen LogP contribution in [0.4, 0.5) is 5.69 Å². The number of nitro groups is 1. The van der Waals surface area contributed by atoms with Crippen LogP contribution >= 0.6 is 11.6 Å². The highest BCUT2D eigenvalue weighted by atomic mass is 35.5. The molecule has 2 rings (SSSR count). The molecular weight excluding hydrogens is 332 g/mol. The van der Waals surface area contributed by atoms with Crippen LogP contribution in [0.5, 0.6) is 0 Å². The van der Waals surface area contributed by atoms with Gasteiger partial charge < -0.3 is 0 Å². The van der Waals surface area contributed by atoms with E-state index in [0.29, 0.717) is 11.3 Å². The van der Waals surface area contributed by atoms with Crippen molar-refractivity contribution in [2.75, 3.05) is 0 Å². The number of halogens is 1. The average molecular weight is 343 g/mol. The molecule has 0 fully saturated rings. The largest absolute Gasteiger partial charge is 0.289 e. The number of hydrogen-bond donors (Lipinski definition) is 1. The van der Waals surface area contributed by atoms with Crippen LogP contribution in [0.3, 0.4) is 0 Å². The van der Waals surface area contributed by atoms with Gasteiger partial charge >= 0.3 is 0 Å². The predicted molar refractivity (Wildman–Crippen MR) is 78.9 cm³/mol. The molecule has 0 aliphatic heterocycles. The van der Waals surface area contributed by atoms with Gasteiger partial charge in [-0.1, -0.05) is 11.6 Å². The second-order valence-corrected chi connectivity index (χ2v) is 6.49. The first-order valence-corrected chi connectivity index (χ1v) is 7.86. The third-order valence-electron chi connectivity index (χ3n) is 2.82. The van der Waals surface area contributed by atoms with E-state index in [1.54, 1.807) is 6.07 Å². The Morgan fingerprint density at radius 1 is 1.41 bits per heavy atom. The van der Waals surface area contributed by atoms with Crippen molar-refractivity contribution in [3.05, 3.63) is 57.1 Å². The summed E-state index contributed by atoms with van der Waals surface area (Å²) in [6, 6.07) is 3.75. The van der Waals surface area contributed by atoms with Crippen LogP contribution in [-0.2, 0) is 16.6 Å². The van der Waals surface area contributed by atoms with E-state index in [2.05, 4.69) is 14.7 Å². The summed E-state index contributed by atoms with van der Waals surface area (Å²) in [5.41, 5.74) is 0.320. The van der Waals surface area contributed by atoms with Gasteiger partial charge in [-0.05, 0) is 24.6 Å². The first-order valence-electron chi connectivity index (χ1n) is 6.00. The molecule has 0 radical (unpaired) electrons. The van der Waals surface area contributed by atoms with Crippen LogP contribution < -0.4 is 4.72 Å². The standard InChI is InChI=1S/C12H11ClN4O4S/c1-8-4-10(13)11(17(18)19)5-12(8)22(20,21)16-6-9-2-3-14-7-15-9/h2-5,7,16H,6H2,1H3. The van der Waals surface area contributed by atoms with E-state index in [9.17, 15) is 18.5 Å². The van der Waals surface area contributed by atoms with Crippen LogP contribution in [0.2, 0.25) is 5.02 Å². The zero-order valence-corrected chi connectivity index (χ0v) is 12.9. The quantitative estimate of drug-likeness (QED) is 0.654. The van der Waals surface area contributed by atoms with Crippen molar-refractivity contribution in [2.24, 2.45) is 0 Å². The van der Waals surface area contributed by atoms with Gasteiger partial charge in [-0.25, -0.2) is 23.1 Å². The van der Waals surface area contributed by atoms with Crippen molar-refractivity contribution in [2.45, 2.75) is 18.4 Å². The molecule has 10 heteroatoms. The molecule has 0 atom stereocenters. The first kappa shape index (κ1) is 16.3. The summed E-state index contributed by atoms with van der Waals surface area (Å²) < 4.78 is 26.9. The molecule has 2 aromatic rings. The SMILES string of the molecule is Cc1cc(Cl)c([N+](=O)[O-])cc1S(=O)(=O)NCc1ccncn1. The third kappa shape index (κ3) is 3.56. The van der Waals surface area contributed by atoms with E-state index in [0.717, 1.165) is 6.07 Å². The molecule has 0 spiro atoms. The van der Waals surface area contributed by atoms with E-state index < -0.39 is 20.6 Å². The normalized spacial score (nSPS) is 11.4. The van der Waals surface area contributed by atoms with Crippen molar-refractivity contribution in [3.63, 3.8) is 0 Å². The highest BCUT2D eigenvalue weighted by Crippen LogP contribution is 2.30. The Morgan fingerprint density at radius 2 is 2.14 bits per heavy atom. The Bertz CT molecular complexity index is 811. The number of sulfonamides is 1. The van der Waals surface area contributed by atoms with Crippen molar-refractivity contribution < 1.29 is 13.3 Å². The number of hydrogen-bond acceptors (Lipinski definition) is 6. The van der Waals surface area contributed by atoms with Gasteiger partial charge in [-0.2, -0.15) is 0 Å². The molecule has 0 amide bonds. The molecule has 0 bridgehead atoms. The highest BCUT2D eigenvalue weighted by Gasteiger charge is 2.23. The van der Waals surface area contributed by atoms with E-state index >= 15 is 0 Å². The zero-order valence-electron chi connectivity index (χ0n) is 11.4. The molecule has 8 nitrogen and oxygen atoms in total. The number of aromatic nitrogens is 2. The van der Waals surface area contributed by atoms with E-state index in [-0.39, 0.29) is 16.5 Å². The minimum atomic E-state index is -3.94. The lowest BCUT2D eigenvalue weighted by Crippen LogP contribution is -2.24. The lowest BCUT2D eigenvalue weighted by Gasteiger charge is -2.09. The molecule has 22 heavy (non-hydrogen) atoms. The number of benzene rings is 1. The molecule has 1 heterocycles. The lowest BCUT2D eigenvalue weighted by atomic mass is 10.2. The average Bonchev–Trinajstić information content (AvgIpc) is 2.45. The number of aryl methyl sites for hydroxylation is 1. The fourth-order valence-electron chi connectivity index (χ4n) is 1.74. The van der Waals surface area contributed by atoms with Crippen LogP contribution in [0.1, 0.15) is 11.3 Å². The van der Waals surface area contributed by atoms with Gasteiger partial charge in [0.15, 0.2) is 0 Å². The lowest BCUT2D eigenvalue weighted by molar-refractivity contribution is -0.384. The van der Waals surface area contributed by atoms with Crippen LogP contribution in [0.25, 0.3) is 0 Å². The Balaban J connectivity index is 2.33. The second-order valence-electron chi connectivity index (χ2n) is 4.35. The van der Waals surface area contributed by atoms with Gasteiger partial charge in [0.2, 0.25) is 10.0 Å². The minimum absolute atomic E-state index is 0.0548. The van der Waals surface area contributed by atoms with Gasteiger partial charge in [0, 0.05) is 12.3 Å². The fourth-order valence-corrected chi connectivity index (χ4v) is 3.27. The second kappa shape index (κ2) is 6.34. The van der Waals surface area contributed by atoms with Gasteiger partial charge in [-0.15, -0.1) is 0 Å². The number of nitro benzene ring substituents is 1. The summed E-state index contributed by atoms with van der Waals surface area (Å²) in [6.07, 6.45) is 2.77. The van der Waals surface area contributed by atoms with Crippen molar-refractivity contribution >= 4 is 27.3 Å². The summed E-state index contributed by atoms with van der Waals surface area (Å²) in [4.78, 5) is 17.6. The van der Waals surface area contributed by atoms with Gasteiger partial charge in [0.25, 0.3) is 5.69 Å². The molecule has 1 N–H and O–H groups in total. The molecule has 0 saturated carbocycles. The van der Waals surface area contributed by atoms with Crippen LogP contribution in [0.15, 0.2) is 35.6 Å². The Morgan fingerprint density at radius 3 is 2.73 bits per heavy atom. The predicted octanol–water partition coefficient (Wildman–Crippen LogP) is 1.83. The van der Waals surface area contributed by atoms with Crippen molar-refractivity contribution in [1.29, 1.82) is 0 Å². The molecule has 0 saturated heterocycles. The smallest absolute Gasteiger partial charge is 0.258 e. The molecule has 0 unspecified atom stereocenters. The van der Waals surface area contributed by atoms with E-state index in [4.69, 9.17) is 11.6 Å². The number of nitrogens with one attached hydrogen (secondary N) is 1. The van der Waals surface area contributed by atoms with Gasteiger partial charge in [-0.3, -0.25) is 10.1 Å². The van der Waals surface area contributed by atoms with E-state index in [1.165, 1.54) is 25.5 Å². The molecule has 1 aromatic carbocycles. The molecular formula is C12H11ClN4O4S. The van der Waals surface area contributed by atoms with Gasteiger partial charge in [0.05, 0.1) is 22.1 Å². The third-order valence-corrected chi connectivity index (χ3v) is 4.66. The maximum Gasteiger partial charge on any atom is 0.289 e. The molecule has 0 aliphatic rings. The highest BCUT2D eigenvalue weighted by molar-refractivity contribution is 7.89. The summed E-state index contributed by atoms with van der Waals surface area (Å²) in [6.45, 7) is 1.45. The Labute approximate surface area is 131 Å². The summed E-state index contributed by atoms with van der Waals surface area (Å²) in [7, 11) is -3.94. The summed E-state index contributed by atoms with van der Waals surface area (Å²) >= 11 is 5.75. The Hall–Kier alpha value is -2.10. The van der Waals surface area contributed by atoms with Crippen molar-refractivity contribution in [1.82, 2.24) is 14.7 Å². The zero-order chi connectivity index (χ0) is 16.3.